The molecule has 0 bridgehead atoms. The Kier molecular flexibility index (Phi) is 3.93. The lowest BCUT2D eigenvalue weighted by Crippen LogP contribution is -2.24. The van der Waals surface area contributed by atoms with Gasteiger partial charge in [0.05, 0.1) is 24.8 Å². The van der Waals surface area contributed by atoms with Gasteiger partial charge in [-0.25, -0.2) is 4.98 Å². The molecule has 0 spiro atoms. The van der Waals surface area contributed by atoms with Gasteiger partial charge in [-0.2, -0.15) is 0 Å². The van der Waals surface area contributed by atoms with Crippen molar-refractivity contribution < 1.29 is 9.47 Å². The van der Waals surface area contributed by atoms with Gasteiger partial charge in [0.2, 0.25) is 0 Å². The van der Waals surface area contributed by atoms with E-state index in [1.165, 1.54) is 0 Å². The first-order valence-electron chi connectivity index (χ1n) is 9.43. The Morgan fingerprint density at radius 2 is 1.82 bits per heavy atom. The average molecular weight is 371 g/mol. The zero-order valence-corrected chi connectivity index (χ0v) is 15.8. The number of methoxy groups -OCH3 is 1. The van der Waals surface area contributed by atoms with Crippen LogP contribution < -0.4 is 14.8 Å². The van der Waals surface area contributed by atoms with Crippen LogP contribution in [0.2, 0.25) is 0 Å². The molecule has 5 heteroatoms. The molecular formula is C23H21N3O2. The maximum atomic E-state index is 5.69. The Hall–Kier alpha value is -3.47. The lowest BCUT2D eigenvalue weighted by atomic mass is 10.1. The van der Waals surface area contributed by atoms with E-state index in [-0.39, 0.29) is 6.17 Å². The van der Waals surface area contributed by atoms with E-state index in [1.54, 1.807) is 7.11 Å². The highest BCUT2D eigenvalue weighted by molar-refractivity contribution is 5.86. The molecule has 1 N–H and O–H groups in total. The number of nitrogens with one attached hydrogen (secondary N) is 1. The predicted molar refractivity (Wildman–Crippen MR) is 111 cm³/mol. The van der Waals surface area contributed by atoms with Crippen LogP contribution in [0.25, 0.3) is 22.4 Å². The van der Waals surface area contributed by atoms with Gasteiger partial charge in [-0.3, -0.25) is 4.57 Å². The summed E-state index contributed by atoms with van der Waals surface area (Å²) >= 11 is 0. The molecule has 4 aromatic rings. The molecule has 0 saturated heterocycles. The van der Waals surface area contributed by atoms with Crippen molar-refractivity contribution in [3.05, 3.63) is 72.3 Å². The van der Waals surface area contributed by atoms with E-state index in [0.717, 1.165) is 45.2 Å². The summed E-state index contributed by atoms with van der Waals surface area (Å²) in [4.78, 5) is 4.93. The Labute approximate surface area is 163 Å². The fraction of sp³-hybridized carbons (Fsp3) is 0.174. The van der Waals surface area contributed by atoms with Gasteiger partial charge in [0.25, 0.3) is 0 Å². The van der Waals surface area contributed by atoms with Crippen molar-refractivity contribution in [3.63, 3.8) is 0 Å². The van der Waals surface area contributed by atoms with Gasteiger partial charge in [0, 0.05) is 11.3 Å². The van der Waals surface area contributed by atoms with Crippen molar-refractivity contribution in [1.29, 1.82) is 0 Å². The third-order valence-corrected chi connectivity index (χ3v) is 5.12. The molecule has 0 aliphatic carbocycles. The second-order valence-electron chi connectivity index (χ2n) is 6.73. The number of nitrogens with zero attached hydrogens (tertiary/aromatic N) is 2. The quantitative estimate of drug-likeness (QED) is 0.543. The van der Waals surface area contributed by atoms with Crippen LogP contribution in [0, 0.1) is 0 Å². The summed E-state index contributed by atoms with van der Waals surface area (Å²) < 4.78 is 13.5. The van der Waals surface area contributed by atoms with Crippen LogP contribution in [0.4, 0.5) is 5.69 Å². The number of rotatable bonds is 4. The van der Waals surface area contributed by atoms with Crippen LogP contribution in [0.15, 0.2) is 66.7 Å². The molecular weight excluding hydrogens is 350 g/mol. The van der Waals surface area contributed by atoms with Crippen molar-refractivity contribution in [3.8, 4) is 22.9 Å². The van der Waals surface area contributed by atoms with Crippen LogP contribution in [-0.4, -0.2) is 23.3 Å². The van der Waals surface area contributed by atoms with Gasteiger partial charge >= 0.3 is 0 Å². The number of imidazole rings is 1. The van der Waals surface area contributed by atoms with Crippen molar-refractivity contribution >= 4 is 16.7 Å². The number of aromatic nitrogens is 2. The minimum atomic E-state index is -0.0955. The first-order chi connectivity index (χ1) is 13.8. The second-order valence-corrected chi connectivity index (χ2v) is 6.73. The molecule has 0 radical (unpaired) electrons. The van der Waals surface area contributed by atoms with E-state index in [2.05, 4.69) is 40.2 Å². The Bertz CT molecular complexity index is 1170. The molecule has 5 rings (SSSR count). The first kappa shape index (κ1) is 16.7. The molecule has 1 unspecified atom stereocenters. The number of fused-ring (bicyclic) bond motifs is 5. The van der Waals surface area contributed by atoms with Crippen molar-refractivity contribution in [2.24, 2.45) is 0 Å². The second kappa shape index (κ2) is 6.60. The van der Waals surface area contributed by atoms with Gasteiger partial charge in [-0.1, -0.05) is 30.3 Å². The van der Waals surface area contributed by atoms with Crippen molar-refractivity contribution in [1.82, 2.24) is 9.55 Å². The molecule has 1 aliphatic rings. The van der Waals surface area contributed by atoms with Crippen LogP contribution in [0.3, 0.4) is 0 Å². The molecule has 2 heterocycles. The summed E-state index contributed by atoms with van der Waals surface area (Å²) in [5.74, 6) is 2.44. The predicted octanol–water partition coefficient (Wildman–Crippen LogP) is 5.08. The SMILES string of the molecule is CCOc1ccc(C2Nc3ccccc3-c3nc4ccccc4n32)cc1OC. The highest BCUT2D eigenvalue weighted by Gasteiger charge is 2.28. The van der Waals surface area contributed by atoms with Crippen LogP contribution in [-0.2, 0) is 0 Å². The maximum absolute atomic E-state index is 5.69. The fourth-order valence-corrected chi connectivity index (χ4v) is 3.87. The number of ether oxygens (including phenoxy) is 2. The minimum Gasteiger partial charge on any atom is -0.493 e. The van der Waals surface area contributed by atoms with E-state index in [0.29, 0.717) is 6.61 Å². The third kappa shape index (κ3) is 2.51. The lowest BCUT2D eigenvalue weighted by molar-refractivity contribution is 0.310. The molecule has 5 nitrogen and oxygen atoms in total. The molecule has 3 aromatic carbocycles. The van der Waals surface area contributed by atoms with Gasteiger partial charge < -0.3 is 14.8 Å². The number of para-hydroxylation sites is 3. The lowest BCUT2D eigenvalue weighted by Gasteiger charge is -2.30. The summed E-state index contributed by atoms with van der Waals surface area (Å²) in [6.07, 6.45) is -0.0955. The summed E-state index contributed by atoms with van der Waals surface area (Å²) in [5, 5.41) is 3.68. The molecule has 1 atom stereocenters. The molecule has 28 heavy (non-hydrogen) atoms. The Morgan fingerprint density at radius 3 is 2.68 bits per heavy atom. The summed E-state index contributed by atoms with van der Waals surface area (Å²) in [6.45, 7) is 2.57. The highest BCUT2D eigenvalue weighted by Crippen LogP contribution is 2.41. The summed E-state index contributed by atoms with van der Waals surface area (Å²) in [5.41, 5.74) is 5.34. The molecule has 0 fully saturated rings. The highest BCUT2D eigenvalue weighted by atomic mass is 16.5. The van der Waals surface area contributed by atoms with E-state index in [4.69, 9.17) is 14.5 Å². The fourth-order valence-electron chi connectivity index (χ4n) is 3.87. The molecule has 1 aliphatic heterocycles. The molecule has 0 amide bonds. The van der Waals surface area contributed by atoms with E-state index < -0.39 is 0 Å². The van der Waals surface area contributed by atoms with E-state index in [9.17, 15) is 0 Å². The van der Waals surface area contributed by atoms with E-state index >= 15 is 0 Å². The zero-order valence-electron chi connectivity index (χ0n) is 15.8. The molecule has 140 valence electrons. The summed E-state index contributed by atoms with van der Waals surface area (Å²) in [6, 6.07) is 22.6. The standard InChI is InChI=1S/C23H21N3O2/c1-3-28-20-13-12-15(14-21(20)27-2)22-24-17-9-5-4-8-16(17)23-25-18-10-6-7-11-19(18)26(22)23/h4-14,22,24H,3H2,1-2H3. The Balaban J connectivity index is 1.72. The zero-order chi connectivity index (χ0) is 19.1. The molecule has 0 saturated carbocycles. The number of hydrogen-bond donors (Lipinski definition) is 1. The van der Waals surface area contributed by atoms with Gasteiger partial charge in [-0.15, -0.1) is 0 Å². The molecule has 1 aromatic heterocycles. The monoisotopic (exact) mass is 371 g/mol. The smallest absolute Gasteiger partial charge is 0.161 e. The van der Waals surface area contributed by atoms with Crippen LogP contribution in [0.1, 0.15) is 18.7 Å². The van der Waals surface area contributed by atoms with E-state index in [1.807, 2.05) is 43.3 Å². The van der Waals surface area contributed by atoms with Crippen LogP contribution in [0.5, 0.6) is 11.5 Å². The van der Waals surface area contributed by atoms with Gasteiger partial charge in [0.15, 0.2) is 11.5 Å². The number of hydrogen-bond acceptors (Lipinski definition) is 4. The summed E-state index contributed by atoms with van der Waals surface area (Å²) in [7, 11) is 1.67. The van der Waals surface area contributed by atoms with Crippen molar-refractivity contribution in [2.45, 2.75) is 13.1 Å². The average Bonchev–Trinajstić information content (AvgIpc) is 3.14. The van der Waals surface area contributed by atoms with Gasteiger partial charge in [0.1, 0.15) is 12.0 Å². The minimum absolute atomic E-state index is 0.0955. The van der Waals surface area contributed by atoms with Gasteiger partial charge in [-0.05, 0) is 48.9 Å². The topological polar surface area (TPSA) is 48.3 Å². The number of benzene rings is 3. The number of anilines is 1. The largest absolute Gasteiger partial charge is 0.493 e. The van der Waals surface area contributed by atoms with Crippen LogP contribution >= 0.6 is 0 Å². The third-order valence-electron chi connectivity index (χ3n) is 5.12. The first-order valence-corrected chi connectivity index (χ1v) is 9.43. The maximum Gasteiger partial charge on any atom is 0.161 e. The normalized spacial score (nSPS) is 14.9. The Morgan fingerprint density at radius 1 is 1.00 bits per heavy atom. The van der Waals surface area contributed by atoms with Crippen molar-refractivity contribution in [2.75, 3.05) is 19.0 Å².